The molecule has 0 saturated carbocycles. The molecule has 1 fully saturated rings. The summed E-state index contributed by atoms with van der Waals surface area (Å²) in [5, 5.41) is 8.64. The molecule has 0 N–H and O–H groups in total. The van der Waals surface area contributed by atoms with Gasteiger partial charge in [0.2, 0.25) is 0 Å². The highest BCUT2D eigenvalue weighted by Crippen LogP contribution is 2.09. The third kappa shape index (κ3) is 4.90. The molecule has 0 aliphatic carbocycles. The highest BCUT2D eigenvalue weighted by molar-refractivity contribution is 5.20. The molecule has 0 atom stereocenters. The average Bonchev–Trinajstić information content (AvgIpc) is 2.47. The second-order valence-electron chi connectivity index (χ2n) is 4.79. The van der Waals surface area contributed by atoms with E-state index in [1.807, 2.05) is 30.3 Å². The predicted molar refractivity (Wildman–Crippen MR) is 75.0 cm³/mol. The summed E-state index contributed by atoms with van der Waals surface area (Å²) >= 11 is 0. The molecule has 0 radical (unpaired) electrons. The SMILES string of the molecule is N#CCN1CCN(CCCOc2ccccc2)CC1. The van der Waals surface area contributed by atoms with Crippen LogP contribution in [-0.4, -0.2) is 55.7 Å². The summed E-state index contributed by atoms with van der Waals surface area (Å²) < 4.78 is 5.68. The molecule has 0 unspecified atom stereocenters. The first kappa shape index (κ1) is 13.9. The number of piperazine rings is 1. The summed E-state index contributed by atoms with van der Waals surface area (Å²) in [5.74, 6) is 0.946. The van der Waals surface area contributed by atoms with Gasteiger partial charge in [0.1, 0.15) is 5.75 Å². The van der Waals surface area contributed by atoms with E-state index in [1.54, 1.807) is 0 Å². The van der Waals surface area contributed by atoms with Crippen LogP contribution in [0.1, 0.15) is 6.42 Å². The lowest BCUT2D eigenvalue weighted by atomic mass is 10.3. The number of hydrogen-bond acceptors (Lipinski definition) is 4. The molecule has 1 aromatic rings. The second kappa shape index (κ2) is 7.78. The molecule has 1 aromatic carbocycles. The van der Waals surface area contributed by atoms with E-state index < -0.39 is 0 Å². The Hall–Kier alpha value is -1.57. The molecule has 2 rings (SSSR count). The fraction of sp³-hybridized carbons (Fsp3) is 0.533. The molecule has 1 aliphatic rings. The Morgan fingerprint density at radius 1 is 1.05 bits per heavy atom. The normalized spacial score (nSPS) is 17.0. The minimum Gasteiger partial charge on any atom is -0.494 e. The van der Waals surface area contributed by atoms with Crippen LogP contribution < -0.4 is 4.74 Å². The Morgan fingerprint density at radius 3 is 2.42 bits per heavy atom. The van der Waals surface area contributed by atoms with Gasteiger partial charge < -0.3 is 9.64 Å². The van der Waals surface area contributed by atoms with Gasteiger partial charge in [0.05, 0.1) is 19.2 Å². The third-order valence-electron chi connectivity index (χ3n) is 3.39. The van der Waals surface area contributed by atoms with Crippen molar-refractivity contribution in [1.82, 2.24) is 9.80 Å². The van der Waals surface area contributed by atoms with Crippen molar-refractivity contribution < 1.29 is 4.74 Å². The van der Waals surface area contributed by atoms with E-state index >= 15 is 0 Å². The van der Waals surface area contributed by atoms with Crippen molar-refractivity contribution in [2.75, 3.05) is 45.9 Å². The summed E-state index contributed by atoms with van der Waals surface area (Å²) in [7, 11) is 0. The minimum absolute atomic E-state index is 0.560. The van der Waals surface area contributed by atoms with Gasteiger partial charge in [0.15, 0.2) is 0 Å². The molecular weight excluding hydrogens is 238 g/mol. The zero-order valence-corrected chi connectivity index (χ0v) is 11.3. The molecule has 0 bridgehead atoms. The van der Waals surface area contributed by atoms with Gasteiger partial charge in [-0.05, 0) is 18.6 Å². The first-order valence-electron chi connectivity index (χ1n) is 6.88. The van der Waals surface area contributed by atoms with Crippen molar-refractivity contribution in [2.24, 2.45) is 0 Å². The fourth-order valence-corrected chi connectivity index (χ4v) is 2.27. The molecule has 0 aromatic heterocycles. The summed E-state index contributed by atoms with van der Waals surface area (Å²) in [6.45, 7) is 6.54. The monoisotopic (exact) mass is 259 g/mol. The van der Waals surface area contributed by atoms with E-state index in [4.69, 9.17) is 10.00 Å². The van der Waals surface area contributed by atoms with E-state index in [2.05, 4.69) is 15.9 Å². The number of benzene rings is 1. The van der Waals surface area contributed by atoms with Gasteiger partial charge in [0.25, 0.3) is 0 Å². The Bertz CT molecular complexity index is 394. The Kier molecular flexibility index (Phi) is 5.67. The highest BCUT2D eigenvalue weighted by atomic mass is 16.5. The molecular formula is C15H21N3O. The molecule has 1 saturated heterocycles. The number of nitrogens with zero attached hydrogens (tertiary/aromatic N) is 3. The largest absolute Gasteiger partial charge is 0.494 e. The summed E-state index contributed by atoms with van der Waals surface area (Å²) in [5.41, 5.74) is 0. The Morgan fingerprint density at radius 2 is 1.74 bits per heavy atom. The molecule has 4 heteroatoms. The van der Waals surface area contributed by atoms with Crippen molar-refractivity contribution in [3.63, 3.8) is 0 Å². The lowest BCUT2D eigenvalue weighted by molar-refractivity contribution is 0.136. The number of para-hydroxylation sites is 1. The van der Waals surface area contributed by atoms with Gasteiger partial charge in [-0.1, -0.05) is 18.2 Å². The number of hydrogen-bond donors (Lipinski definition) is 0. The zero-order chi connectivity index (χ0) is 13.3. The standard InChI is InChI=1S/C15H21N3O/c16-7-9-18-12-10-17(11-13-18)8-4-14-19-15-5-2-1-3-6-15/h1-3,5-6H,4,8-14H2. The van der Waals surface area contributed by atoms with E-state index in [0.717, 1.165) is 51.5 Å². The van der Waals surface area contributed by atoms with Crippen LogP contribution in [0.2, 0.25) is 0 Å². The van der Waals surface area contributed by atoms with Crippen molar-refractivity contribution in [3.05, 3.63) is 30.3 Å². The van der Waals surface area contributed by atoms with Crippen LogP contribution in [0.4, 0.5) is 0 Å². The van der Waals surface area contributed by atoms with Crippen LogP contribution in [0.15, 0.2) is 30.3 Å². The summed E-state index contributed by atoms with van der Waals surface area (Å²) in [4.78, 5) is 4.65. The van der Waals surface area contributed by atoms with Gasteiger partial charge in [-0.3, -0.25) is 4.90 Å². The van der Waals surface area contributed by atoms with Gasteiger partial charge in [0, 0.05) is 32.7 Å². The lowest BCUT2D eigenvalue weighted by Crippen LogP contribution is -2.46. The van der Waals surface area contributed by atoms with Crippen LogP contribution in [-0.2, 0) is 0 Å². The summed E-state index contributed by atoms with van der Waals surface area (Å²) in [6.07, 6.45) is 1.05. The molecule has 19 heavy (non-hydrogen) atoms. The first-order valence-corrected chi connectivity index (χ1v) is 6.88. The zero-order valence-electron chi connectivity index (χ0n) is 11.3. The van der Waals surface area contributed by atoms with Crippen molar-refractivity contribution in [2.45, 2.75) is 6.42 Å². The van der Waals surface area contributed by atoms with Gasteiger partial charge >= 0.3 is 0 Å². The van der Waals surface area contributed by atoms with Crippen molar-refractivity contribution in [3.8, 4) is 11.8 Å². The van der Waals surface area contributed by atoms with Crippen LogP contribution in [0, 0.1) is 11.3 Å². The Labute approximate surface area is 115 Å². The molecule has 102 valence electrons. The lowest BCUT2D eigenvalue weighted by Gasteiger charge is -2.33. The molecule has 4 nitrogen and oxygen atoms in total. The number of nitriles is 1. The van der Waals surface area contributed by atoms with Gasteiger partial charge in [-0.25, -0.2) is 0 Å². The fourth-order valence-electron chi connectivity index (χ4n) is 2.27. The van der Waals surface area contributed by atoms with Crippen molar-refractivity contribution >= 4 is 0 Å². The second-order valence-corrected chi connectivity index (χ2v) is 4.79. The quantitative estimate of drug-likeness (QED) is 0.574. The van der Waals surface area contributed by atoms with Crippen LogP contribution >= 0.6 is 0 Å². The average molecular weight is 259 g/mol. The molecule has 1 aliphatic heterocycles. The molecule has 0 amide bonds. The highest BCUT2D eigenvalue weighted by Gasteiger charge is 2.15. The van der Waals surface area contributed by atoms with Crippen LogP contribution in [0.3, 0.4) is 0 Å². The van der Waals surface area contributed by atoms with E-state index in [1.165, 1.54) is 0 Å². The topological polar surface area (TPSA) is 39.5 Å². The predicted octanol–water partition coefficient (Wildman–Crippen LogP) is 1.60. The third-order valence-corrected chi connectivity index (χ3v) is 3.39. The number of rotatable bonds is 6. The maximum atomic E-state index is 8.64. The van der Waals surface area contributed by atoms with Crippen LogP contribution in [0.25, 0.3) is 0 Å². The van der Waals surface area contributed by atoms with Crippen molar-refractivity contribution in [1.29, 1.82) is 5.26 Å². The number of ether oxygens (including phenoxy) is 1. The van der Waals surface area contributed by atoms with E-state index in [0.29, 0.717) is 6.54 Å². The van der Waals surface area contributed by atoms with Gasteiger partial charge in [-0.15, -0.1) is 0 Å². The van der Waals surface area contributed by atoms with E-state index in [9.17, 15) is 0 Å². The van der Waals surface area contributed by atoms with Crippen LogP contribution in [0.5, 0.6) is 5.75 Å². The maximum absolute atomic E-state index is 8.64. The minimum atomic E-state index is 0.560. The molecule has 1 heterocycles. The van der Waals surface area contributed by atoms with E-state index in [-0.39, 0.29) is 0 Å². The Balaban J connectivity index is 1.56. The first-order chi connectivity index (χ1) is 9.38. The molecule has 0 spiro atoms. The summed E-state index contributed by atoms with van der Waals surface area (Å²) in [6, 6.07) is 12.2. The smallest absolute Gasteiger partial charge is 0.119 e. The van der Waals surface area contributed by atoms with Gasteiger partial charge in [-0.2, -0.15) is 5.26 Å². The maximum Gasteiger partial charge on any atom is 0.119 e.